The number of carbonyl (C=O) groups is 1. The highest BCUT2D eigenvalue weighted by Gasteiger charge is 2.31. The first-order valence-electron chi connectivity index (χ1n) is 10.4. The minimum atomic E-state index is 0. The van der Waals surface area contributed by atoms with Crippen LogP contribution in [0.4, 0.5) is 0 Å². The molecule has 1 saturated carbocycles. The number of hydrogen-bond donors (Lipinski definition) is 1. The van der Waals surface area contributed by atoms with E-state index in [1.165, 1.54) is 0 Å². The lowest BCUT2D eigenvalue weighted by atomic mass is 9.95. The predicted octanol–water partition coefficient (Wildman–Crippen LogP) is 4.11. The lowest BCUT2D eigenvalue weighted by molar-refractivity contribution is 0.0692. The molecule has 4 rings (SSSR count). The topological polar surface area (TPSA) is 71.3 Å². The summed E-state index contributed by atoms with van der Waals surface area (Å²) in [4.78, 5) is 20.1. The number of hydrogen-bond acceptors (Lipinski definition) is 5. The van der Waals surface area contributed by atoms with Gasteiger partial charge < -0.3 is 14.7 Å². The van der Waals surface area contributed by atoms with E-state index in [4.69, 9.17) is 4.52 Å². The third-order valence-electron chi connectivity index (χ3n) is 5.85. The van der Waals surface area contributed by atoms with Crippen LogP contribution in [0, 0.1) is 5.92 Å². The minimum absolute atomic E-state index is 0. The average molecular weight is 407 g/mol. The second kappa shape index (κ2) is 8.78. The van der Waals surface area contributed by atoms with Crippen LogP contribution in [0.5, 0.6) is 0 Å². The van der Waals surface area contributed by atoms with Crippen LogP contribution in [-0.4, -0.2) is 47.1 Å². The zero-order valence-corrected chi connectivity index (χ0v) is 17.8. The van der Waals surface area contributed by atoms with Crippen molar-refractivity contribution < 1.29 is 9.32 Å². The second-order valence-electron chi connectivity index (χ2n) is 8.31. The van der Waals surface area contributed by atoms with Crippen LogP contribution in [0.2, 0.25) is 0 Å². The van der Waals surface area contributed by atoms with Crippen LogP contribution >= 0.6 is 12.4 Å². The third-order valence-corrected chi connectivity index (χ3v) is 5.85. The van der Waals surface area contributed by atoms with Crippen LogP contribution in [-0.2, 0) is 0 Å². The molecule has 0 bridgehead atoms. The van der Waals surface area contributed by atoms with Crippen molar-refractivity contribution in [3.05, 3.63) is 23.0 Å². The fourth-order valence-electron chi connectivity index (χ4n) is 4.00. The summed E-state index contributed by atoms with van der Waals surface area (Å²) >= 11 is 0. The smallest absolute Gasteiger partial charge is 0.259 e. The Morgan fingerprint density at radius 2 is 2.00 bits per heavy atom. The number of pyridine rings is 1. The minimum Gasteiger partial charge on any atom is -0.339 e. The van der Waals surface area contributed by atoms with Gasteiger partial charge in [-0.2, -0.15) is 0 Å². The van der Waals surface area contributed by atoms with Gasteiger partial charge in [0.2, 0.25) is 0 Å². The molecular weight excluding hydrogens is 376 g/mol. The third kappa shape index (κ3) is 4.18. The molecule has 0 spiro atoms. The van der Waals surface area contributed by atoms with Crippen LogP contribution in [0.3, 0.4) is 0 Å². The SMILES string of the molecule is CCNCC1CCN(C(=O)c2cc(C3CC3)nc3onc(C(C)C)c23)CC1.Cl. The van der Waals surface area contributed by atoms with Gasteiger partial charge in [-0.1, -0.05) is 25.9 Å². The molecule has 1 N–H and O–H groups in total. The fraction of sp³-hybridized carbons (Fsp3) is 0.667. The van der Waals surface area contributed by atoms with E-state index in [0.717, 1.165) is 74.2 Å². The lowest BCUT2D eigenvalue weighted by Gasteiger charge is -2.32. The number of nitrogens with zero attached hydrogens (tertiary/aromatic N) is 3. The Balaban J connectivity index is 0.00000225. The summed E-state index contributed by atoms with van der Waals surface area (Å²) in [7, 11) is 0. The van der Waals surface area contributed by atoms with Gasteiger partial charge in [0.1, 0.15) is 0 Å². The van der Waals surface area contributed by atoms with Gasteiger partial charge >= 0.3 is 0 Å². The number of rotatable bonds is 6. The molecule has 2 aromatic rings. The number of piperidine rings is 1. The van der Waals surface area contributed by atoms with Crippen LogP contribution in [0.25, 0.3) is 11.1 Å². The first-order valence-corrected chi connectivity index (χ1v) is 10.4. The standard InChI is InChI=1S/C21H30N4O2.ClH/c1-4-22-12-14-7-9-25(10-8-14)21(26)16-11-17(15-5-6-15)23-20-18(16)19(13(2)3)24-27-20;/h11,13-15,22H,4-10,12H2,1-3H3;1H. The van der Waals surface area contributed by atoms with E-state index < -0.39 is 0 Å². The van der Waals surface area contributed by atoms with Crippen molar-refractivity contribution >= 4 is 29.4 Å². The Kier molecular flexibility index (Phi) is 6.61. The molecular formula is C21H31ClN4O2. The van der Waals surface area contributed by atoms with Gasteiger partial charge in [-0.05, 0) is 56.7 Å². The zero-order valence-electron chi connectivity index (χ0n) is 17.0. The van der Waals surface area contributed by atoms with Crippen LogP contribution in [0.15, 0.2) is 10.6 Å². The van der Waals surface area contributed by atoms with Gasteiger partial charge in [0, 0.05) is 24.7 Å². The maximum atomic E-state index is 13.4. The predicted molar refractivity (Wildman–Crippen MR) is 112 cm³/mol. The summed E-state index contributed by atoms with van der Waals surface area (Å²) in [5.74, 6) is 1.43. The normalized spacial score (nSPS) is 17.9. The molecule has 2 aliphatic rings. The summed E-state index contributed by atoms with van der Waals surface area (Å²) < 4.78 is 5.53. The average Bonchev–Trinajstić information content (AvgIpc) is 3.44. The number of carbonyl (C=O) groups excluding carboxylic acids is 1. The van der Waals surface area contributed by atoms with E-state index in [1.54, 1.807) is 0 Å². The molecule has 6 nitrogen and oxygen atoms in total. The molecule has 3 heterocycles. The summed E-state index contributed by atoms with van der Waals surface area (Å²) in [6, 6.07) is 2.01. The van der Waals surface area contributed by atoms with Crippen molar-refractivity contribution in [1.29, 1.82) is 0 Å². The van der Waals surface area contributed by atoms with E-state index in [-0.39, 0.29) is 24.2 Å². The summed E-state index contributed by atoms with van der Waals surface area (Å²) in [6.45, 7) is 9.98. The zero-order chi connectivity index (χ0) is 19.0. The quantitative estimate of drug-likeness (QED) is 0.781. The lowest BCUT2D eigenvalue weighted by Crippen LogP contribution is -2.41. The van der Waals surface area contributed by atoms with Gasteiger partial charge in [0.05, 0.1) is 16.6 Å². The maximum absolute atomic E-state index is 13.4. The number of halogens is 1. The van der Waals surface area contributed by atoms with Gasteiger partial charge in [-0.15, -0.1) is 12.4 Å². The Hall–Kier alpha value is -1.66. The van der Waals surface area contributed by atoms with Gasteiger partial charge in [0.15, 0.2) is 0 Å². The molecule has 7 heteroatoms. The molecule has 1 saturated heterocycles. The molecule has 154 valence electrons. The number of nitrogens with one attached hydrogen (secondary N) is 1. The highest BCUT2D eigenvalue weighted by atomic mass is 35.5. The van der Waals surface area contributed by atoms with E-state index in [2.05, 4.69) is 36.2 Å². The van der Waals surface area contributed by atoms with Crippen molar-refractivity contribution in [3.63, 3.8) is 0 Å². The Bertz CT molecular complexity index is 823. The van der Waals surface area contributed by atoms with E-state index in [9.17, 15) is 4.79 Å². The van der Waals surface area contributed by atoms with Crippen molar-refractivity contribution in [3.8, 4) is 0 Å². The van der Waals surface area contributed by atoms with Gasteiger partial charge in [0.25, 0.3) is 11.6 Å². The van der Waals surface area contributed by atoms with Crippen molar-refractivity contribution in [2.45, 2.75) is 58.3 Å². The van der Waals surface area contributed by atoms with Crippen molar-refractivity contribution in [2.24, 2.45) is 5.92 Å². The Morgan fingerprint density at radius 1 is 1.29 bits per heavy atom. The highest BCUT2D eigenvalue weighted by molar-refractivity contribution is 6.06. The summed E-state index contributed by atoms with van der Waals surface area (Å²) in [5.41, 5.74) is 3.08. The Morgan fingerprint density at radius 3 is 2.61 bits per heavy atom. The van der Waals surface area contributed by atoms with E-state index in [0.29, 0.717) is 17.5 Å². The largest absolute Gasteiger partial charge is 0.339 e. The molecule has 28 heavy (non-hydrogen) atoms. The number of fused-ring (bicyclic) bond motifs is 1. The van der Waals surface area contributed by atoms with Crippen molar-refractivity contribution in [2.75, 3.05) is 26.2 Å². The molecule has 2 fully saturated rings. The number of likely N-dealkylation sites (tertiary alicyclic amines) is 1. The molecule has 0 radical (unpaired) electrons. The fourth-order valence-corrected chi connectivity index (χ4v) is 4.00. The van der Waals surface area contributed by atoms with Crippen LogP contribution in [0.1, 0.15) is 80.0 Å². The first kappa shape index (κ1) is 21.1. The van der Waals surface area contributed by atoms with Gasteiger partial charge in [-0.25, -0.2) is 4.98 Å². The van der Waals surface area contributed by atoms with Gasteiger partial charge in [-0.3, -0.25) is 4.79 Å². The number of aromatic nitrogens is 2. The Labute approximate surface area is 172 Å². The molecule has 1 amide bonds. The molecule has 2 aromatic heterocycles. The highest BCUT2D eigenvalue weighted by Crippen LogP contribution is 2.41. The molecule has 1 aliphatic heterocycles. The monoisotopic (exact) mass is 406 g/mol. The van der Waals surface area contributed by atoms with E-state index >= 15 is 0 Å². The summed E-state index contributed by atoms with van der Waals surface area (Å²) in [5, 5.41) is 8.48. The first-order chi connectivity index (χ1) is 13.1. The second-order valence-corrected chi connectivity index (χ2v) is 8.31. The van der Waals surface area contributed by atoms with Crippen molar-refractivity contribution in [1.82, 2.24) is 20.4 Å². The molecule has 0 unspecified atom stereocenters. The summed E-state index contributed by atoms with van der Waals surface area (Å²) in [6.07, 6.45) is 4.41. The van der Waals surface area contributed by atoms with Crippen LogP contribution < -0.4 is 5.32 Å². The molecule has 0 aromatic carbocycles. The molecule has 1 aliphatic carbocycles. The number of amides is 1. The maximum Gasteiger partial charge on any atom is 0.259 e. The van der Waals surface area contributed by atoms with E-state index in [1.807, 2.05) is 11.0 Å². The molecule has 0 atom stereocenters.